The maximum atomic E-state index is 13.8. The molecule has 0 unspecified atom stereocenters. The molecule has 168 valence electrons. The highest BCUT2D eigenvalue weighted by molar-refractivity contribution is 7.20. The number of carbonyl (C=O) groups is 2. The van der Waals surface area contributed by atoms with Crippen LogP contribution in [0.2, 0.25) is 0 Å². The molecule has 5 rings (SSSR count). The first-order chi connectivity index (χ1) is 15.8. The number of furan rings is 1. The molecule has 1 aromatic carbocycles. The molecule has 0 saturated heterocycles. The number of aromatic nitrogens is 2. The highest BCUT2D eigenvalue weighted by atomic mass is 32.1. The van der Waals surface area contributed by atoms with E-state index < -0.39 is 6.10 Å². The number of likely N-dealkylation sites (N-methyl/N-ethyl adjacent to an activating group) is 1. The van der Waals surface area contributed by atoms with Crippen molar-refractivity contribution >= 4 is 39.1 Å². The average Bonchev–Trinajstić information content (AvgIpc) is 3.46. The number of carbonyl (C=O) groups excluding carboxylic acids is 2. The van der Waals surface area contributed by atoms with Crippen molar-refractivity contribution in [2.24, 2.45) is 0 Å². The second-order valence-corrected chi connectivity index (χ2v) is 9.07. The molecule has 1 aliphatic rings. The van der Waals surface area contributed by atoms with Gasteiger partial charge in [-0.3, -0.25) is 14.5 Å². The number of aryl methyl sites for hydroxylation is 2. The van der Waals surface area contributed by atoms with Crippen LogP contribution in [0.3, 0.4) is 0 Å². The zero-order chi connectivity index (χ0) is 23.3. The molecule has 3 aromatic heterocycles. The molecule has 1 atom stereocenters. The van der Waals surface area contributed by atoms with Gasteiger partial charge in [-0.2, -0.15) is 0 Å². The lowest BCUT2D eigenvalue weighted by molar-refractivity contribution is -0.135. The fourth-order valence-electron chi connectivity index (χ4n) is 4.02. The van der Waals surface area contributed by atoms with Crippen LogP contribution in [-0.4, -0.2) is 53.4 Å². The van der Waals surface area contributed by atoms with Crippen molar-refractivity contribution in [2.45, 2.75) is 20.0 Å². The Bertz CT molecular complexity index is 1380. The van der Waals surface area contributed by atoms with Gasteiger partial charge in [0.05, 0.1) is 29.1 Å². The number of thiophene rings is 1. The number of anilines is 1. The van der Waals surface area contributed by atoms with Gasteiger partial charge in [0.1, 0.15) is 10.6 Å². The quantitative estimate of drug-likeness (QED) is 0.456. The third kappa shape index (κ3) is 3.54. The minimum atomic E-state index is -0.777. The Labute approximate surface area is 194 Å². The standard InChI is InChI=1S/C24H22N4O4S/c1-13-19-14(2)25-21(17-10-7-11-31-17)26-22(19)33-20(13)24(30)28-12-18(23(29)27(3)4)32-16-9-6-5-8-15(16)28/h5-11,18H,12H2,1-4H3/t18-/m1/s1. The van der Waals surface area contributed by atoms with Crippen LogP contribution in [0.5, 0.6) is 5.75 Å². The number of hydrogen-bond acceptors (Lipinski definition) is 7. The number of ether oxygens (including phenoxy) is 1. The highest BCUT2D eigenvalue weighted by Gasteiger charge is 2.36. The van der Waals surface area contributed by atoms with Crippen molar-refractivity contribution in [3.05, 3.63) is 58.8 Å². The summed E-state index contributed by atoms with van der Waals surface area (Å²) in [6.07, 6.45) is 0.800. The third-order valence-corrected chi connectivity index (χ3v) is 6.82. The summed E-state index contributed by atoms with van der Waals surface area (Å²) in [5.41, 5.74) is 2.24. The van der Waals surface area contributed by atoms with Gasteiger partial charge in [0.2, 0.25) is 0 Å². The fraction of sp³-hybridized carbons (Fsp3) is 0.250. The lowest BCUT2D eigenvalue weighted by Gasteiger charge is -2.35. The number of benzene rings is 1. The Kier molecular flexibility index (Phi) is 5.13. The van der Waals surface area contributed by atoms with E-state index in [9.17, 15) is 9.59 Å². The Morgan fingerprint density at radius 3 is 2.64 bits per heavy atom. The zero-order valence-electron chi connectivity index (χ0n) is 18.7. The molecular formula is C24H22N4O4S. The van der Waals surface area contributed by atoms with Crippen LogP contribution in [0.4, 0.5) is 5.69 Å². The van der Waals surface area contributed by atoms with E-state index >= 15 is 0 Å². The van der Waals surface area contributed by atoms with Crippen LogP contribution in [0.1, 0.15) is 20.9 Å². The van der Waals surface area contributed by atoms with E-state index in [1.54, 1.807) is 43.5 Å². The Balaban J connectivity index is 1.58. The van der Waals surface area contributed by atoms with Gasteiger partial charge in [-0.1, -0.05) is 12.1 Å². The van der Waals surface area contributed by atoms with Crippen LogP contribution < -0.4 is 9.64 Å². The average molecular weight is 463 g/mol. The molecule has 0 saturated carbocycles. The summed E-state index contributed by atoms with van der Waals surface area (Å²) >= 11 is 1.32. The van der Waals surface area contributed by atoms with E-state index in [1.807, 2.05) is 32.0 Å². The zero-order valence-corrected chi connectivity index (χ0v) is 19.5. The van der Waals surface area contributed by atoms with Gasteiger partial charge in [-0.05, 0) is 43.7 Å². The van der Waals surface area contributed by atoms with Crippen LogP contribution >= 0.6 is 11.3 Å². The SMILES string of the molecule is Cc1nc(-c2ccco2)nc2sc(C(=O)N3C[C@H](C(=O)N(C)C)Oc4ccccc43)c(C)c12. The van der Waals surface area contributed by atoms with E-state index in [-0.39, 0.29) is 18.4 Å². The molecule has 2 amide bonds. The minimum Gasteiger partial charge on any atom is -0.476 e. The van der Waals surface area contributed by atoms with Crippen molar-refractivity contribution in [3.8, 4) is 17.3 Å². The molecule has 9 heteroatoms. The van der Waals surface area contributed by atoms with E-state index in [0.29, 0.717) is 27.9 Å². The fourth-order valence-corrected chi connectivity index (χ4v) is 5.21. The molecule has 8 nitrogen and oxygen atoms in total. The molecule has 4 heterocycles. The van der Waals surface area contributed by atoms with Crippen LogP contribution in [0.15, 0.2) is 47.1 Å². The summed E-state index contributed by atoms with van der Waals surface area (Å²) in [5.74, 6) is 1.18. The Hall–Kier alpha value is -3.72. The van der Waals surface area contributed by atoms with Gasteiger partial charge < -0.3 is 14.1 Å². The molecular weight excluding hydrogens is 440 g/mol. The molecule has 0 aliphatic carbocycles. The van der Waals surface area contributed by atoms with Gasteiger partial charge in [0.25, 0.3) is 11.8 Å². The topological polar surface area (TPSA) is 88.8 Å². The van der Waals surface area contributed by atoms with Crippen molar-refractivity contribution in [2.75, 3.05) is 25.5 Å². The molecule has 33 heavy (non-hydrogen) atoms. The van der Waals surface area contributed by atoms with Gasteiger partial charge in [-0.15, -0.1) is 11.3 Å². The third-order valence-electron chi connectivity index (χ3n) is 5.64. The molecule has 0 bridgehead atoms. The summed E-state index contributed by atoms with van der Waals surface area (Å²) in [7, 11) is 3.35. The van der Waals surface area contributed by atoms with E-state index in [0.717, 1.165) is 21.5 Å². The number of nitrogens with zero attached hydrogens (tertiary/aromatic N) is 4. The molecule has 0 N–H and O–H groups in total. The first-order valence-corrected chi connectivity index (χ1v) is 11.3. The molecule has 1 aliphatic heterocycles. The van der Waals surface area contributed by atoms with Crippen LogP contribution in [0.25, 0.3) is 21.8 Å². The van der Waals surface area contributed by atoms with E-state index in [1.165, 1.54) is 16.2 Å². The summed E-state index contributed by atoms with van der Waals surface area (Å²) in [6, 6.07) is 10.9. The minimum absolute atomic E-state index is 0.128. The largest absolute Gasteiger partial charge is 0.476 e. The number of rotatable bonds is 3. The normalized spacial score (nSPS) is 15.3. The first-order valence-electron chi connectivity index (χ1n) is 10.5. The molecule has 0 spiro atoms. The van der Waals surface area contributed by atoms with Gasteiger partial charge in [0, 0.05) is 19.5 Å². The summed E-state index contributed by atoms with van der Waals surface area (Å²) < 4.78 is 11.4. The summed E-state index contributed by atoms with van der Waals surface area (Å²) in [5, 5.41) is 0.862. The van der Waals surface area contributed by atoms with Gasteiger partial charge in [-0.25, -0.2) is 9.97 Å². The van der Waals surface area contributed by atoms with Crippen molar-refractivity contribution < 1.29 is 18.7 Å². The molecule has 4 aromatic rings. The highest BCUT2D eigenvalue weighted by Crippen LogP contribution is 2.38. The second kappa shape index (κ2) is 8.00. The predicted octanol–water partition coefficient (Wildman–Crippen LogP) is 4.06. The maximum Gasteiger partial charge on any atom is 0.268 e. The number of hydrogen-bond donors (Lipinski definition) is 0. The van der Waals surface area contributed by atoms with Crippen LogP contribution in [0, 0.1) is 13.8 Å². The van der Waals surface area contributed by atoms with Gasteiger partial charge in [0.15, 0.2) is 17.7 Å². The number of amides is 2. The first kappa shape index (κ1) is 21.1. The summed E-state index contributed by atoms with van der Waals surface area (Å²) in [6.45, 7) is 3.94. The Morgan fingerprint density at radius 2 is 1.91 bits per heavy atom. The Morgan fingerprint density at radius 1 is 1.12 bits per heavy atom. The van der Waals surface area contributed by atoms with E-state index in [2.05, 4.69) is 9.97 Å². The molecule has 0 fully saturated rings. The predicted molar refractivity (Wildman–Crippen MR) is 126 cm³/mol. The van der Waals surface area contributed by atoms with Gasteiger partial charge >= 0.3 is 0 Å². The maximum absolute atomic E-state index is 13.8. The van der Waals surface area contributed by atoms with Crippen LogP contribution in [-0.2, 0) is 4.79 Å². The number of para-hydroxylation sites is 2. The van der Waals surface area contributed by atoms with Crippen molar-refractivity contribution in [3.63, 3.8) is 0 Å². The summed E-state index contributed by atoms with van der Waals surface area (Å²) in [4.78, 5) is 40.1. The van der Waals surface area contributed by atoms with Crippen molar-refractivity contribution in [1.82, 2.24) is 14.9 Å². The second-order valence-electron chi connectivity index (χ2n) is 8.07. The monoisotopic (exact) mass is 462 g/mol. The van der Waals surface area contributed by atoms with Crippen molar-refractivity contribution in [1.29, 1.82) is 0 Å². The van der Waals surface area contributed by atoms with E-state index in [4.69, 9.17) is 9.15 Å². The lowest BCUT2D eigenvalue weighted by Crippen LogP contribution is -2.50. The smallest absolute Gasteiger partial charge is 0.268 e. The number of fused-ring (bicyclic) bond motifs is 2. The molecule has 0 radical (unpaired) electrons. The lowest BCUT2D eigenvalue weighted by atomic mass is 10.1.